The van der Waals surface area contributed by atoms with Crippen LogP contribution in [0.15, 0.2) is 353 Å². The topological polar surface area (TPSA) is 90.0 Å². The van der Waals surface area contributed by atoms with Crippen LogP contribution in [0.25, 0.3) is 86.6 Å². The van der Waals surface area contributed by atoms with Crippen molar-refractivity contribution in [2.45, 2.75) is 140 Å². The number of anilines is 9. The highest BCUT2D eigenvalue weighted by Gasteiger charge is 2.38. The van der Waals surface area contributed by atoms with Crippen LogP contribution in [-0.4, -0.2) is 11.9 Å². The number of carbonyl (C=O) groups is 2. The normalized spacial score (nSPS) is 13.6. The minimum atomic E-state index is -0.776. The van der Waals surface area contributed by atoms with Gasteiger partial charge in [-0.2, -0.15) is 0 Å². The molecular weight excluding hydrogens is 1660 g/mol. The molecule has 21 rings (SSSR count). The Morgan fingerprint density at radius 3 is 1.14 bits per heavy atom. The number of nitrogens with zero attached hydrogens (tertiary/aromatic N) is 3. The van der Waals surface area contributed by atoms with E-state index in [1.807, 2.05) is 31.2 Å². The standard InChI is InChI=1S/C120H101N3O7S2/c1-70(2)63-72(5)74-33-49-83(50-34-74)129-101-66-97(121(78-41-45-80(46-42-78)122-93-25-17-21-29-102(93)131-103-30-22-18-26-94(103)122)79-43-47-81(48-44-79)123-95-27-19-23-31-104(95)132-105-32-24-20-28-96(105)123)86-61-62-98(126-84-55-39-77(40-56-84)120(15,16)69-118(10,11)12)109-87-57-59-89-107-90(60-58-88(106(87)107)110(101)113(86)109)112-100(128-85-53-37-76(38-54-85)119(13,14)67-71(3)4)65-92-108-91(115(124)130-116(92)125)64-99(111(89)114(108)112)127-82-51-35-75(36-52-82)73(6)68-117(7,8)9/h17-66,68H,1,3,67,69H2,2,4-16H3/b72-63+,73-68+. The Bertz CT molecular complexity index is 7620. The highest BCUT2D eigenvalue weighted by atomic mass is 32.2. The summed E-state index contributed by atoms with van der Waals surface area (Å²) < 4.78 is 36.1. The molecule has 3 aliphatic heterocycles. The Kier molecular flexibility index (Phi) is 20.7. The lowest BCUT2D eigenvalue weighted by atomic mass is 9.72. The number of hydrogen-bond acceptors (Lipinski definition) is 12. The number of hydrogen-bond donors (Lipinski definition) is 0. The Morgan fingerprint density at radius 1 is 0.371 bits per heavy atom. The zero-order chi connectivity index (χ0) is 91.3. The zero-order valence-corrected chi connectivity index (χ0v) is 78.4. The third kappa shape index (κ3) is 15.2. The molecule has 0 amide bonds. The Balaban J connectivity index is 0.868. The van der Waals surface area contributed by atoms with Crippen LogP contribution in [0.4, 0.5) is 51.2 Å². The van der Waals surface area contributed by atoms with E-state index < -0.39 is 11.9 Å². The van der Waals surface area contributed by atoms with Gasteiger partial charge in [0.25, 0.3) is 0 Å². The molecule has 10 nitrogen and oxygen atoms in total. The smallest absolute Gasteiger partial charge is 0.346 e. The number of benzene rings is 18. The average Bonchev–Trinajstić information content (AvgIpc) is 0.671. The largest absolute Gasteiger partial charge is 0.457 e. The molecule has 0 spiro atoms. The summed E-state index contributed by atoms with van der Waals surface area (Å²) in [5, 5.41) is 11.1. The van der Waals surface area contributed by atoms with E-state index in [0.717, 1.165) is 157 Å². The van der Waals surface area contributed by atoms with Crippen LogP contribution < -0.4 is 33.6 Å². The first-order valence-electron chi connectivity index (χ1n) is 45.3. The van der Waals surface area contributed by atoms with E-state index >= 15 is 0 Å². The summed E-state index contributed by atoms with van der Waals surface area (Å²) in [6.07, 6.45) is 6.14. The Morgan fingerprint density at radius 2 is 0.735 bits per heavy atom. The zero-order valence-electron chi connectivity index (χ0n) is 76.8. The van der Waals surface area contributed by atoms with Gasteiger partial charge < -0.3 is 38.4 Å². The fourth-order valence-electron chi connectivity index (χ4n) is 20.9. The van der Waals surface area contributed by atoms with Gasteiger partial charge in [0.15, 0.2) is 0 Å². The molecule has 3 aliphatic rings. The molecule has 0 N–H and O–H groups in total. The molecule has 18 aromatic carbocycles. The second-order valence-corrected chi connectivity index (χ2v) is 41.5. The number of carbonyl (C=O) groups excluding carboxylic acids is 2. The average molecular weight is 1760 g/mol. The maximum Gasteiger partial charge on any atom is 0.346 e. The summed E-state index contributed by atoms with van der Waals surface area (Å²) >= 11 is 3.59. The lowest BCUT2D eigenvalue weighted by Crippen LogP contribution is -2.24. The van der Waals surface area contributed by atoms with Crippen LogP contribution in [0.2, 0.25) is 0 Å². The van der Waals surface area contributed by atoms with Crippen molar-refractivity contribution in [1.29, 1.82) is 0 Å². The van der Waals surface area contributed by atoms with Gasteiger partial charge in [0, 0.05) is 91.5 Å². The highest BCUT2D eigenvalue weighted by Crippen LogP contribution is 2.61. The molecule has 132 heavy (non-hydrogen) atoms. The summed E-state index contributed by atoms with van der Waals surface area (Å²) in [5.74, 6) is 2.79. The lowest BCUT2D eigenvalue weighted by molar-refractivity contribution is 0.0390. The fourth-order valence-corrected chi connectivity index (χ4v) is 23.0. The molecule has 0 aliphatic carbocycles. The van der Waals surface area contributed by atoms with E-state index in [4.69, 9.17) is 23.7 Å². The minimum absolute atomic E-state index is 0.0637. The number of ether oxygens (including phenoxy) is 5. The molecule has 0 saturated heterocycles. The van der Waals surface area contributed by atoms with Gasteiger partial charge in [-0.05, 0) is 298 Å². The summed E-state index contributed by atoms with van der Waals surface area (Å²) in [6, 6.07) is 105. The number of esters is 2. The molecule has 0 unspecified atom stereocenters. The van der Waals surface area contributed by atoms with E-state index in [1.165, 1.54) is 25.1 Å². The van der Waals surface area contributed by atoms with Crippen LogP contribution in [0.1, 0.15) is 153 Å². The van der Waals surface area contributed by atoms with Crippen molar-refractivity contribution in [3.05, 3.63) is 367 Å². The molecule has 3 heterocycles. The molecule has 0 saturated carbocycles. The lowest BCUT2D eigenvalue weighted by Gasteiger charge is -2.34. The maximum absolute atomic E-state index is 14.9. The number of fused-ring (bicyclic) bond motifs is 8. The molecule has 0 atom stereocenters. The van der Waals surface area contributed by atoms with Gasteiger partial charge in [-0.1, -0.05) is 244 Å². The summed E-state index contributed by atoms with van der Waals surface area (Å²) in [7, 11) is 0. The van der Waals surface area contributed by atoms with E-state index in [1.54, 1.807) is 35.7 Å². The summed E-state index contributed by atoms with van der Waals surface area (Å²) in [5.41, 5.74) is 17.8. The number of rotatable bonds is 21. The van der Waals surface area contributed by atoms with E-state index in [-0.39, 0.29) is 32.8 Å². The van der Waals surface area contributed by atoms with Crippen molar-refractivity contribution in [3.8, 4) is 46.0 Å². The van der Waals surface area contributed by atoms with E-state index in [0.29, 0.717) is 67.5 Å². The predicted octanol–water partition coefficient (Wildman–Crippen LogP) is 35.8. The van der Waals surface area contributed by atoms with Gasteiger partial charge in [0.05, 0.1) is 39.6 Å². The van der Waals surface area contributed by atoms with E-state index in [2.05, 4.69) is 391 Å². The minimum Gasteiger partial charge on any atom is -0.457 e. The second-order valence-electron chi connectivity index (χ2n) is 39.3. The Hall–Kier alpha value is -14.3. The highest BCUT2D eigenvalue weighted by molar-refractivity contribution is 8.00. The van der Waals surface area contributed by atoms with Gasteiger partial charge >= 0.3 is 11.9 Å². The van der Waals surface area contributed by atoms with Gasteiger partial charge in [-0.3, -0.25) is 0 Å². The quantitative estimate of drug-likeness (QED) is 0.0171. The fraction of sp³-hybridized carbons (Fsp3) is 0.167. The predicted molar refractivity (Wildman–Crippen MR) is 551 cm³/mol. The van der Waals surface area contributed by atoms with Crippen LogP contribution in [0.3, 0.4) is 0 Å². The van der Waals surface area contributed by atoms with Gasteiger partial charge in [-0.25, -0.2) is 9.59 Å². The molecule has 0 radical (unpaired) electrons. The first kappa shape index (κ1) is 84.5. The van der Waals surface area contributed by atoms with Crippen molar-refractivity contribution >= 4 is 173 Å². The van der Waals surface area contributed by atoms with Crippen molar-refractivity contribution < 1.29 is 33.3 Å². The molecule has 12 heteroatoms. The Labute approximate surface area is 779 Å². The van der Waals surface area contributed by atoms with Crippen molar-refractivity contribution in [2.24, 2.45) is 10.8 Å². The molecule has 0 aromatic heterocycles. The van der Waals surface area contributed by atoms with Crippen LogP contribution in [-0.2, 0) is 15.6 Å². The first-order chi connectivity index (χ1) is 63.4. The van der Waals surface area contributed by atoms with Crippen molar-refractivity contribution in [2.75, 3.05) is 14.7 Å². The number of allylic oxidation sites excluding steroid dienone is 6. The third-order valence-electron chi connectivity index (χ3n) is 25.9. The summed E-state index contributed by atoms with van der Waals surface area (Å²) in [4.78, 5) is 41.5. The van der Waals surface area contributed by atoms with Crippen molar-refractivity contribution in [3.63, 3.8) is 0 Å². The van der Waals surface area contributed by atoms with Crippen LogP contribution in [0, 0.1) is 10.8 Å². The number of para-hydroxylation sites is 4. The van der Waals surface area contributed by atoms with Crippen LogP contribution >= 0.6 is 23.5 Å². The third-order valence-corrected chi connectivity index (χ3v) is 28.1. The molecular formula is C120H101N3O7S2. The molecule has 0 bridgehead atoms. The molecule has 0 fully saturated rings. The second kappa shape index (κ2) is 32.4. The van der Waals surface area contributed by atoms with E-state index in [9.17, 15) is 9.59 Å². The maximum atomic E-state index is 14.9. The summed E-state index contributed by atoms with van der Waals surface area (Å²) in [6.45, 7) is 39.5. The van der Waals surface area contributed by atoms with Gasteiger partial charge in [0.2, 0.25) is 0 Å². The monoisotopic (exact) mass is 1760 g/mol. The molecule has 650 valence electrons. The SMILES string of the molecule is C=C(C)/C=C(\C)c1ccc(Oc2cc(N(c3ccc(N4c5ccccc5Sc5ccccc54)cc3)c3ccc(N4c5ccccc5Sc5ccccc54)cc3)c3ccc(Oc4ccc(C(C)(C)CC(C)(C)C)cc4)c4c5ccc6c7c(Oc8ccc(/C(C)=C/C(C)(C)C)cc8)cc8c9c(cc(Oc%10ccc(C(C)(C)CC(=C)C)cc%10)c(c%10ccc(c2c34)c5c6%10)c97)C(=O)OC8=O)cc1. The first-order valence-corrected chi connectivity index (χ1v) is 46.9. The molecule has 18 aromatic rings. The van der Waals surface area contributed by atoms with Crippen LogP contribution in [0.5, 0.6) is 46.0 Å². The van der Waals surface area contributed by atoms with Crippen molar-refractivity contribution in [1.82, 2.24) is 0 Å². The van der Waals surface area contributed by atoms with Gasteiger partial charge in [-0.15, -0.1) is 6.58 Å². The van der Waals surface area contributed by atoms with Gasteiger partial charge in [0.1, 0.15) is 46.0 Å². The number of cyclic esters (lactones) is 2.